The van der Waals surface area contributed by atoms with Crippen molar-refractivity contribution < 1.29 is 8.42 Å². The third kappa shape index (κ3) is 3.16. The number of sulfonamides is 1. The van der Waals surface area contributed by atoms with E-state index in [9.17, 15) is 8.42 Å². The Morgan fingerprint density at radius 3 is 2.52 bits per heavy atom. The smallest absolute Gasteiger partial charge is 0.229 e. The topological polar surface area (TPSA) is 72.2 Å². The second kappa shape index (κ2) is 6.31. The van der Waals surface area contributed by atoms with Gasteiger partial charge in [-0.25, -0.2) is 8.42 Å². The summed E-state index contributed by atoms with van der Waals surface area (Å²) in [5, 5.41) is 0. The highest BCUT2D eigenvalue weighted by Crippen LogP contribution is 2.61. The molecule has 0 unspecified atom stereocenters. The largest absolute Gasteiger partial charge is 0.321 e. The van der Waals surface area contributed by atoms with Gasteiger partial charge in [0, 0.05) is 17.1 Å². The Bertz CT molecular complexity index is 1260. The molecular weight excluding hydrogens is 380 g/mol. The van der Waals surface area contributed by atoms with Crippen molar-refractivity contribution in [1.82, 2.24) is 0 Å². The molecule has 146 valence electrons. The minimum Gasteiger partial charge on any atom is -0.321 e. The minimum atomic E-state index is -3.33. The maximum atomic E-state index is 11.6. The van der Waals surface area contributed by atoms with Gasteiger partial charge < -0.3 is 5.73 Å². The van der Waals surface area contributed by atoms with Crippen LogP contribution in [-0.2, 0) is 15.6 Å². The van der Waals surface area contributed by atoms with Gasteiger partial charge in [-0.15, -0.1) is 0 Å². The Kier molecular flexibility index (Phi) is 3.95. The Hall–Kier alpha value is -2.89. The first kappa shape index (κ1) is 18.2. The number of nitrogens with one attached hydrogen (secondary N) is 1. The summed E-state index contributed by atoms with van der Waals surface area (Å²) in [4.78, 5) is 0. The summed E-state index contributed by atoms with van der Waals surface area (Å²) in [6.07, 6.45) is 4.24. The third-order valence-electron chi connectivity index (χ3n) is 5.85. The van der Waals surface area contributed by atoms with E-state index in [1.165, 1.54) is 16.7 Å². The quantitative estimate of drug-likeness (QED) is 0.686. The van der Waals surface area contributed by atoms with Crippen molar-refractivity contribution >= 4 is 27.4 Å². The highest BCUT2D eigenvalue weighted by Gasteiger charge is 2.56. The predicted molar refractivity (Wildman–Crippen MR) is 118 cm³/mol. The van der Waals surface area contributed by atoms with E-state index < -0.39 is 10.0 Å². The fourth-order valence-corrected chi connectivity index (χ4v) is 5.06. The Labute approximate surface area is 171 Å². The lowest BCUT2D eigenvalue weighted by Crippen LogP contribution is -2.22. The lowest BCUT2D eigenvalue weighted by molar-refractivity contribution is 0.607. The van der Waals surface area contributed by atoms with Gasteiger partial charge in [0.2, 0.25) is 10.0 Å². The molecule has 3 aromatic carbocycles. The van der Waals surface area contributed by atoms with Gasteiger partial charge in [0.25, 0.3) is 0 Å². The van der Waals surface area contributed by atoms with Crippen molar-refractivity contribution in [2.75, 3.05) is 11.0 Å². The number of anilines is 1. The van der Waals surface area contributed by atoms with Gasteiger partial charge in [-0.2, -0.15) is 0 Å². The van der Waals surface area contributed by atoms with Crippen LogP contribution in [0.25, 0.3) is 11.6 Å². The Morgan fingerprint density at radius 2 is 1.72 bits per heavy atom. The molecule has 3 N–H and O–H groups in total. The normalized spacial score (nSPS) is 23.5. The van der Waals surface area contributed by atoms with Crippen LogP contribution < -0.4 is 10.5 Å². The summed E-state index contributed by atoms with van der Waals surface area (Å²) in [5.41, 5.74) is 13.9. The van der Waals surface area contributed by atoms with Crippen molar-refractivity contribution in [2.45, 2.75) is 17.9 Å². The molecule has 2 aliphatic rings. The molecule has 5 rings (SSSR count). The van der Waals surface area contributed by atoms with Crippen LogP contribution in [0.3, 0.4) is 0 Å². The van der Waals surface area contributed by atoms with Crippen molar-refractivity contribution in [1.29, 1.82) is 0 Å². The van der Waals surface area contributed by atoms with E-state index in [1.807, 2.05) is 30.3 Å². The van der Waals surface area contributed by atoms with Crippen LogP contribution in [-0.4, -0.2) is 14.7 Å². The average Bonchev–Trinajstić information content (AvgIpc) is 3.38. The van der Waals surface area contributed by atoms with Gasteiger partial charge in [0.15, 0.2) is 0 Å². The molecule has 1 fully saturated rings. The molecule has 1 saturated carbocycles. The summed E-state index contributed by atoms with van der Waals surface area (Å²) in [5.74, 6) is 0.323. The van der Waals surface area contributed by atoms with E-state index in [0.29, 0.717) is 11.6 Å². The molecule has 2 aliphatic carbocycles. The van der Waals surface area contributed by atoms with Gasteiger partial charge in [0.1, 0.15) is 0 Å². The summed E-state index contributed by atoms with van der Waals surface area (Å²) >= 11 is 0. The molecule has 29 heavy (non-hydrogen) atoms. The molecule has 0 bridgehead atoms. The molecule has 0 heterocycles. The van der Waals surface area contributed by atoms with Crippen molar-refractivity contribution in [3.05, 3.63) is 101 Å². The lowest BCUT2D eigenvalue weighted by atomic mass is 9.90. The summed E-state index contributed by atoms with van der Waals surface area (Å²) in [7, 11) is -3.33. The van der Waals surface area contributed by atoms with E-state index in [-0.39, 0.29) is 5.54 Å². The molecule has 0 spiro atoms. The second-order valence-corrected chi connectivity index (χ2v) is 9.74. The maximum absolute atomic E-state index is 11.6. The van der Waals surface area contributed by atoms with Crippen molar-refractivity contribution in [3.8, 4) is 0 Å². The van der Waals surface area contributed by atoms with Crippen LogP contribution in [0.4, 0.5) is 5.69 Å². The molecule has 0 aliphatic heterocycles. The van der Waals surface area contributed by atoms with E-state index >= 15 is 0 Å². The first-order chi connectivity index (χ1) is 13.9. The summed E-state index contributed by atoms with van der Waals surface area (Å²) in [6.45, 7) is 0. The van der Waals surface area contributed by atoms with Crippen LogP contribution in [0.2, 0.25) is 0 Å². The molecule has 0 saturated heterocycles. The molecule has 0 aromatic heterocycles. The molecule has 4 nitrogen and oxygen atoms in total. The molecule has 0 radical (unpaired) electrons. The summed E-state index contributed by atoms with van der Waals surface area (Å²) < 4.78 is 25.8. The first-order valence-electron chi connectivity index (χ1n) is 9.63. The number of nitrogens with two attached hydrogens (primary N) is 1. The zero-order valence-electron chi connectivity index (χ0n) is 16.1. The van der Waals surface area contributed by atoms with Gasteiger partial charge in [-0.1, -0.05) is 60.7 Å². The van der Waals surface area contributed by atoms with Crippen molar-refractivity contribution in [2.24, 2.45) is 5.73 Å². The van der Waals surface area contributed by atoms with Crippen LogP contribution in [0.15, 0.2) is 72.8 Å². The van der Waals surface area contributed by atoms with Gasteiger partial charge in [-0.05, 0) is 58.0 Å². The molecular formula is C24H22N2O2S. The van der Waals surface area contributed by atoms with Gasteiger partial charge in [0.05, 0.1) is 6.26 Å². The Balaban J connectivity index is 1.71. The van der Waals surface area contributed by atoms with E-state index in [2.05, 4.69) is 47.2 Å². The first-order valence-corrected chi connectivity index (χ1v) is 11.5. The summed E-state index contributed by atoms with van der Waals surface area (Å²) in [6, 6.07) is 24.3. The van der Waals surface area contributed by atoms with Crippen LogP contribution in [0.5, 0.6) is 0 Å². The second-order valence-electron chi connectivity index (χ2n) is 7.99. The average molecular weight is 403 g/mol. The maximum Gasteiger partial charge on any atom is 0.229 e. The van der Waals surface area contributed by atoms with Gasteiger partial charge in [-0.3, -0.25) is 4.72 Å². The van der Waals surface area contributed by atoms with Crippen LogP contribution >= 0.6 is 0 Å². The monoisotopic (exact) mass is 402 g/mol. The number of rotatable bonds is 3. The standard InChI is InChI=1S/C24H22N2O2S/c1-29(27,28)26-17-8-6-7-16(13-17)14-21-18-9-2-3-10-19(18)23-15-24(23,25)22-12-5-4-11-20(21)22/h2-14,23,26H,15,25H2,1H3/t23-,24-/m1/s1. The van der Waals surface area contributed by atoms with E-state index in [1.54, 1.807) is 6.07 Å². The number of hydrogen-bond acceptors (Lipinski definition) is 3. The van der Waals surface area contributed by atoms with E-state index in [4.69, 9.17) is 5.73 Å². The zero-order valence-corrected chi connectivity index (χ0v) is 16.9. The fourth-order valence-electron chi connectivity index (χ4n) is 4.51. The van der Waals surface area contributed by atoms with Gasteiger partial charge >= 0.3 is 0 Å². The highest BCUT2D eigenvalue weighted by atomic mass is 32.2. The number of fused-ring (bicyclic) bond motifs is 5. The molecule has 2 atom stereocenters. The fraction of sp³-hybridized carbons (Fsp3) is 0.167. The highest BCUT2D eigenvalue weighted by molar-refractivity contribution is 7.92. The lowest BCUT2D eigenvalue weighted by Gasteiger charge is -2.16. The van der Waals surface area contributed by atoms with Crippen molar-refractivity contribution in [3.63, 3.8) is 0 Å². The van der Waals surface area contributed by atoms with Crippen LogP contribution in [0, 0.1) is 0 Å². The predicted octanol–water partition coefficient (Wildman–Crippen LogP) is 4.30. The zero-order chi connectivity index (χ0) is 20.2. The van der Waals surface area contributed by atoms with Crippen LogP contribution in [0.1, 0.15) is 40.2 Å². The third-order valence-corrected chi connectivity index (χ3v) is 6.46. The SMILES string of the molecule is CS(=O)(=O)Nc1cccc(C=C2c3ccccc3[C@H]3C[C@@]3(N)c3ccccc32)c1. The number of benzene rings is 3. The Morgan fingerprint density at radius 1 is 1.00 bits per heavy atom. The molecule has 5 heteroatoms. The number of hydrogen-bond donors (Lipinski definition) is 2. The molecule has 3 aromatic rings. The minimum absolute atomic E-state index is 0.317. The van der Waals surface area contributed by atoms with E-state index in [0.717, 1.165) is 29.4 Å². The molecule has 0 amide bonds.